The first-order valence-electron chi connectivity index (χ1n) is 4.25. The molecule has 0 fully saturated rings. The van der Waals surface area contributed by atoms with Crippen molar-refractivity contribution in [1.29, 1.82) is 0 Å². The zero-order valence-corrected chi connectivity index (χ0v) is 8.61. The van der Waals surface area contributed by atoms with Crippen molar-refractivity contribution in [3.05, 3.63) is 17.5 Å². The highest BCUT2D eigenvalue weighted by molar-refractivity contribution is 5.95. The van der Waals surface area contributed by atoms with Crippen molar-refractivity contribution in [3.8, 4) is 12.3 Å². The second-order valence-electron chi connectivity index (χ2n) is 3.17. The van der Waals surface area contributed by atoms with E-state index in [4.69, 9.17) is 6.42 Å². The Balaban J connectivity index is 2.90. The van der Waals surface area contributed by atoms with E-state index in [0.29, 0.717) is 12.1 Å². The van der Waals surface area contributed by atoms with Crippen LogP contribution in [0, 0.1) is 19.3 Å². The molecule has 1 aromatic rings. The van der Waals surface area contributed by atoms with Gasteiger partial charge in [0.05, 0.1) is 17.8 Å². The second kappa shape index (κ2) is 3.97. The number of rotatable bonds is 2. The molecule has 14 heavy (non-hydrogen) atoms. The summed E-state index contributed by atoms with van der Waals surface area (Å²) in [7, 11) is 3.46. The highest BCUT2D eigenvalue weighted by atomic mass is 16.2. The van der Waals surface area contributed by atoms with Gasteiger partial charge < -0.3 is 4.90 Å². The lowest BCUT2D eigenvalue weighted by molar-refractivity contribution is 0.0812. The van der Waals surface area contributed by atoms with E-state index in [0.717, 1.165) is 5.69 Å². The van der Waals surface area contributed by atoms with E-state index in [1.807, 2.05) is 0 Å². The predicted molar refractivity (Wildman–Crippen MR) is 53.7 cm³/mol. The minimum Gasteiger partial charge on any atom is -0.330 e. The molecule has 74 valence electrons. The molecule has 0 atom stereocenters. The second-order valence-corrected chi connectivity index (χ2v) is 3.17. The summed E-state index contributed by atoms with van der Waals surface area (Å²) in [5.41, 5.74) is 1.33. The first-order valence-corrected chi connectivity index (χ1v) is 4.25. The minimum atomic E-state index is -0.0893. The molecular formula is C10H13N3O. The van der Waals surface area contributed by atoms with E-state index in [9.17, 15) is 4.79 Å². The number of carbonyl (C=O) groups is 1. The third kappa shape index (κ3) is 1.94. The fraction of sp³-hybridized carbons (Fsp3) is 0.400. The Morgan fingerprint density at radius 1 is 1.79 bits per heavy atom. The molecule has 0 saturated heterocycles. The average molecular weight is 191 g/mol. The lowest BCUT2D eigenvalue weighted by Gasteiger charge is -2.12. The third-order valence-corrected chi connectivity index (χ3v) is 1.92. The van der Waals surface area contributed by atoms with E-state index in [-0.39, 0.29) is 5.91 Å². The van der Waals surface area contributed by atoms with Crippen LogP contribution in [0.15, 0.2) is 6.20 Å². The summed E-state index contributed by atoms with van der Waals surface area (Å²) in [4.78, 5) is 13.2. The van der Waals surface area contributed by atoms with Gasteiger partial charge in [-0.3, -0.25) is 9.48 Å². The van der Waals surface area contributed by atoms with E-state index in [1.165, 1.54) is 4.90 Å². The number of hydrogen-bond acceptors (Lipinski definition) is 2. The molecule has 0 aromatic carbocycles. The first kappa shape index (κ1) is 10.3. The van der Waals surface area contributed by atoms with Gasteiger partial charge >= 0.3 is 0 Å². The Morgan fingerprint density at radius 2 is 2.43 bits per heavy atom. The molecule has 0 aliphatic rings. The summed E-state index contributed by atoms with van der Waals surface area (Å²) < 4.78 is 1.62. The Bertz CT molecular complexity index is 387. The summed E-state index contributed by atoms with van der Waals surface area (Å²) in [6, 6.07) is 0. The van der Waals surface area contributed by atoms with Gasteiger partial charge in [-0.05, 0) is 6.92 Å². The van der Waals surface area contributed by atoms with Crippen molar-refractivity contribution in [2.45, 2.75) is 6.92 Å². The summed E-state index contributed by atoms with van der Waals surface area (Å²) in [5.74, 6) is 2.33. The van der Waals surface area contributed by atoms with Crippen molar-refractivity contribution in [2.24, 2.45) is 7.05 Å². The van der Waals surface area contributed by atoms with Crippen LogP contribution in [-0.2, 0) is 7.05 Å². The molecule has 4 nitrogen and oxygen atoms in total. The van der Waals surface area contributed by atoms with Gasteiger partial charge in [0.1, 0.15) is 0 Å². The summed E-state index contributed by atoms with van der Waals surface area (Å²) in [5, 5.41) is 4.09. The zero-order chi connectivity index (χ0) is 10.7. The normalized spacial score (nSPS) is 9.57. The maximum atomic E-state index is 11.7. The SMILES string of the molecule is C#CCN(C)C(=O)c1cn(C)nc1C. The van der Waals surface area contributed by atoms with Gasteiger partial charge in [0.15, 0.2) is 0 Å². The molecule has 4 heteroatoms. The molecule has 1 aromatic heterocycles. The fourth-order valence-electron chi connectivity index (χ4n) is 1.22. The Kier molecular flexibility index (Phi) is 2.92. The van der Waals surface area contributed by atoms with Crippen LogP contribution in [0.25, 0.3) is 0 Å². The molecule has 0 spiro atoms. The van der Waals surface area contributed by atoms with E-state index in [1.54, 1.807) is 31.9 Å². The van der Waals surface area contributed by atoms with Gasteiger partial charge in [-0.25, -0.2) is 0 Å². The van der Waals surface area contributed by atoms with Crippen LogP contribution >= 0.6 is 0 Å². The van der Waals surface area contributed by atoms with E-state index in [2.05, 4.69) is 11.0 Å². The lowest BCUT2D eigenvalue weighted by Crippen LogP contribution is -2.27. The quantitative estimate of drug-likeness (QED) is 0.636. The van der Waals surface area contributed by atoms with Crippen LogP contribution in [0.2, 0.25) is 0 Å². The van der Waals surface area contributed by atoms with Crippen molar-refractivity contribution in [1.82, 2.24) is 14.7 Å². The van der Waals surface area contributed by atoms with Crippen molar-refractivity contribution in [2.75, 3.05) is 13.6 Å². The standard InChI is InChI=1S/C10H13N3O/c1-5-6-12(3)10(14)9-7-13(4)11-8(9)2/h1,7H,6H2,2-4H3. The monoisotopic (exact) mass is 191 g/mol. The van der Waals surface area contributed by atoms with E-state index >= 15 is 0 Å². The zero-order valence-electron chi connectivity index (χ0n) is 8.61. The van der Waals surface area contributed by atoms with Crippen molar-refractivity contribution < 1.29 is 4.79 Å². The molecule has 0 unspecified atom stereocenters. The number of carbonyl (C=O) groups excluding carboxylic acids is 1. The molecule has 0 bridgehead atoms. The molecule has 1 amide bonds. The summed E-state index contributed by atoms with van der Waals surface area (Å²) >= 11 is 0. The number of hydrogen-bond donors (Lipinski definition) is 0. The molecule has 0 N–H and O–H groups in total. The summed E-state index contributed by atoms with van der Waals surface area (Å²) in [6.45, 7) is 2.12. The maximum Gasteiger partial charge on any atom is 0.257 e. The third-order valence-electron chi connectivity index (χ3n) is 1.92. The molecule has 0 saturated carbocycles. The number of aryl methyl sites for hydroxylation is 2. The van der Waals surface area contributed by atoms with Crippen LogP contribution in [0.4, 0.5) is 0 Å². The fourth-order valence-corrected chi connectivity index (χ4v) is 1.22. The number of aromatic nitrogens is 2. The molecule has 0 aliphatic heterocycles. The van der Waals surface area contributed by atoms with Crippen molar-refractivity contribution >= 4 is 5.91 Å². The number of nitrogens with zero attached hydrogens (tertiary/aromatic N) is 3. The molecule has 1 rings (SSSR count). The number of amides is 1. The molecule has 1 heterocycles. The Hall–Kier alpha value is -1.76. The van der Waals surface area contributed by atoms with Crippen molar-refractivity contribution in [3.63, 3.8) is 0 Å². The van der Waals surface area contributed by atoms with Crippen LogP contribution in [0.1, 0.15) is 16.1 Å². The Labute approximate surface area is 83.5 Å². The van der Waals surface area contributed by atoms with Gasteiger partial charge in [-0.1, -0.05) is 5.92 Å². The lowest BCUT2D eigenvalue weighted by atomic mass is 10.2. The van der Waals surface area contributed by atoms with Crippen LogP contribution in [0.5, 0.6) is 0 Å². The highest BCUT2D eigenvalue weighted by Crippen LogP contribution is 2.07. The smallest absolute Gasteiger partial charge is 0.257 e. The summed E-state index contributed by atoms with van der Waals surface area (Å²) in [6.07, 6.45) is 6.82. The first-order chi connectivity index (χ1) is 6.56. The van der Waals surface area contributed by atoms with Crippen LogP contribution in [0.3, 0.4) is 0 Å². The maximum absolute atomic E-state index is 11.7. The van der Waals surface area contributed by atoms with Gasteiger partial charge in [-0.2, -0.15) is 5.10 Å². The topological polar surface area (TPSA) is 38.1 Å². The Morgan fingerprint density at radius 3 is 2.86 bits per heavy atom. The van der Waals surface area contributed by atoms with Gasteiger partial charge in [0, 0.05) is 20.3 Å². The van der Waals surface area contributed by atoms with Gasteiger partial charge in [0.2, 0.25) is 0 Å². The average Bonchev–Trinajstić information content (AvgIpc) is 2.44. The van der Waals surface area contributed by atoms with Crippen LogP contribution < -0.4 is 0 Å². The molecule has 0 radical (unpaired) electrons. The predicted octanol–water partition coefficient (Wildman–Crippen LogP) is 0.434. The van der Waals surface area contributed by atoms with Gasteiger partial charge in [0.25, 0.3) is 5.91 Å². The molecular weight excluding hydrogens is 178 g/mol. The number of terminal acetylenes is 1. The highest BCUT2D eigenvalue weighted by Gasteiger charge is 2.15. The largest absolute Gasteiger partial charge is 0.330 e. The van der Waals surface area contributed by atoms with Crippen LogP contribution in [-0.4, -0.2) is 34.2 Å². The van der Waals surface area contributed by atoms with E-state index < -0.39 is 0 Å². The molecule has 0 aliphatic carbocycles. The van der Waals surface area contributed by atoms with Gasteiger partial charge in [-0.15, -0.1) is 6.42 Å². The minimum absolute atomic E-state index is 0.0893.